The van der Waals surface area contributed by atoms with E-state index in [0.717, 1.165) is 17.9 Å². The predicted octanol–water partition coefficient (Wildman–Crippen LogP) is 3.01. The normalized spacial score (nSPS) is 12.1. The van der Waals surface area contributed by atoms with Crippen LogP contribution < -0.4 is 5.32 Å². The van der Waals surface area contributed by atoms with E-state index in [1.165, 1.54) is 0 Å². The molecule has 17 heavy (non-hydrogen) atoms. The van der Waals surface area contributed by atoms with E-state index in [1.807, 2.05) is 18.7 Å². The summed E-state index contributed by atoms with van der Waals surface area (Å²) in [5, 5.41) is 2.96. The first-order valence-electron chi connectivity index (χ1n) is 5.71. The van der Waals surface area contributed by atoms with Gasteiger partial charge in [-0.3, -0.25) is 4.79 Å². The Balaban J connectivity index is 2.49. The van der Waals surface area contributed by atoms with E-state index >= 15 is 0 Å². The molecular formula is C12H18N2OS2. The number of rotatable bonds is 6. The first-order chi connectivity index (χ1) is 8.15. The van der Waals surface area contributed by atoms with Gasteiger partial charge in [-0.15, -0.1) is 0 Å². The van der Waals surface area contributed by atoms with Gasteiger partial charge in [-0.1, -0.05) is 19.1 Å². The zero-order valence-corrected chi connectivity index (χ0v) is 11.8. The predicted molar refractivity (Wildman–Crippen MR) is 76.2 cm³/mol. The molecule has 0 radical (unpaired) electrons. The smallest absolute Gasteiger partial charge is 0.254 e. The van der Waals surface area contributed by atoms with Crippen molar-refractivity contribution in [2.75, 3.05) is 11.5 Å². The highest BCUT2D eigenvalue weighted by molar-refractivity contribution is 7.99. The number of thioether (sulfide) groups is 1. The average molecular weight is 270 g/mol. The topological polar surface area (TPSA) is 44.9 Å². The second-order valence-electron chi connectivity index (χ2n) is 3.77. The van der Waals surface area contributed by atoms with Crippen molar-refractivity contribution in [1.82, 2.24) is 10.3 Å². The molecule has 0 bridgehead atoms. The van der Waals surface area contributed by atoms with Crippen LogP contribution in [0, 0.1) is 4.64 Å². The minimum absolute atomic E-state index is 0.0964. The van der Waals surface area contributed by atoms with Crippen LogP contribution in [0.2, 0.25) is 0 Å². The second kappa shape index (κ2) is 7.50. The summed E-state index contributed by atoms with van der Waals surface area (Å²) in [5.41, 5.74) is 0.539. The molecule has 3 nitrogen and oxygen atoms in total. The second-order valence-corrected chi connectivity index (χ2v) is 5.58. The van der Waals surface area contributed by atoms with E-state index in [4.69, 9.17) is 12.2 Å². The number of nitrogens with one attached hydrogen (secondary N) is 2. The molecule has 2 N–H and O–H groups in total. The van der Waals surface area contributed by atoms with Crippen LogP contribution in [0.15, 0.2) is 18.3 Å². The molecule has 1 aromatic heterocycles. The lowest BCUT2D eigenvalue weighted by atomic mass is 10.2. The highest BCUT2D eigenvalue weighted by Gasteiger charge is 2.10. The lowest BCUT2D eigenvalue weighted by molar-refractivity contribution is 0.0938. The number of pyridine rings is 1. The fourth-order valence-corrected chi connectivity index (χ4v) is 2.42. The van der Waals surface area contributed by atoms with E-state index in [9.17, 15) is 4.79 Å². The molecule has 0 aliphatic heterocycles. The number of H-pyrrole nitrogens is 1. The molecule has 1 rings (SSSR count). The summed E-state index contributed by atoms with van der Waals surface area (Å²) in [6.07, 6.45) is 2.70. The molecule has 1 amide bonds. The fraction of sp³-hybridized carbons (Fsp3) is 0.500. The van der Waals surface area contributed by atoms with Crippen LogP contribution in [-0.2, 0) is 0 Å². The summed E-state index contributed by atoms with van der Waals surface area (Å²) < 4.78 is 0.486. The number of amides is 1. The van der Waals surface area contributed by atoms with Crippen molar-refractivity contribution in [3.05, 3.63) is 28.5 Å². The van der Waals surface area contributed by atoms with Crippen molar-refractivity contribution in [3.63, 3.8) is 0 Å². The molecule has 0 fully saturated rings. The van der Waals surface area contributed by atoms with Gasteiger partial charge in [0.1, 0.15) is 4.64 Å². The van der Waals surface area contributed by atoms with E-state index in [0.29, 0.717) is 10.2 Å². The molecule has 0 aliphatic carbocycles. The lowest BCUT2D eigenvalue weighted by Crippen LogP contribution is -2.33. The molecule has 0 saturated heterocycles. The first kappa shape index (κ1) is 14.3. The van der Waals surface area contributed by atoms with Crippen molar-refractivity contribution in [3.8, 4) is 0 Å². The number of carbonyl (C=O) groups excluding carboxylic acids is 1. The largest absolute Gasteiger partial charge is 0.352 e. The Hall–Kier alpha value is -0.810. The summed E-state index contributed by atoms with van der Waals surface area (Å²) >= 11 is 6.95. The Morgan fingerprint density at radius 1 is 1.65 bits per heavy atom. The third kappa shape index (κ3) is 4.91. The number of aromatic nitrogens is 1. The summed E-state index contributed by atoms with van der Waals surface area (Å²) in [5.74, 6) is 2.09. The molecule has 0 unspecified atom stereocenters. The van der Waals surface area contributed by atoms with Crippen LogP contribution in [0.25, 0.3) is 0 Å². The Kier molecular flexibility index (Phi) is 6.29. The molecule has 1 atom stereocenters. The quantitative estimate of drug-likeness (QED) is 0.617. The van der Waals surface area contributed by atoms with Crippen LogP contribution >= 0.6 is 24.0 Å². The van der Waals surface area contributed by atoms with Gasteiger partial charge in [0.15, 0.2) is 0 Å². The highest BCUT2D eigenvalue weighted by atomic mass is 32.2. The molecular weight excluding hydrogens is 252 g/mol. The standard InChI is InChI=1S/C12H18N2OS2/c1-3-17-8-6-9(2)14-11(15)10-5-4-7-13-12(10)16/h4-5,7,9H,3,6,8H2,1-2H3,(H,13,16)(H,14,15)/t9-/m0/s1. The summed E-state index contributed by atoms with van der Waals surface area (Å²) in [4.78, 5) is 14.8. The third-order valence-electron chi connectivity index (χ3n) is 2.34. The van der Waals surface area contributed by atoms with Gasteiger partial charge in [0, 0.05) is 12.2 Å². The van der Waals surface area contributed by atoms with Crippen molar-refractivity contribution in [2.24, 2.45) is 0 Å². The van der Waals surface area contributed by atoms with Gasteiger partial charge in [0.05, 0.1) is 5.56 Å². The summed E-state index contributed by atoms with van der Waals surface area (Å²) in [6.45, 7) is 4.15. The van der Waals surface area contributed by atoms with E-state index in [2.05, 4.69) is 17.2 Å². The third-order valence-corrected chi connectivity index (χ3v) is 3.61. The van der Waals surface area contributed by atoms with Crippen molar-refractivity contribution in [1.29, 1.82) is 0 Å². The summed E-state index contributed by atoms with van der Waals surface area (Å²) in [6, 6.07) is 3.69. The van der Waals surface area contributed by atoms with Gasteiger partial charge >= 0.3 is 0 Å². The van der Waals surface area contributed by atoms with Crippen molar-refractivity contribution >= 4 is 29.9 Å². The Morgan fingerprint density at radius 3 is 3.06 bits per heavy atom. The highest BCUT2D eigenvalue weighted by Crippen LogP contribution is 2.05. The van der Waals surface area contributed by atoms with Gasteiger partial charge in [0.2, 0.25) is 0 Å². The van der Waals surface area contributed by atoms with Crippen LogP contribution in [0.4, 0.5) is 0 Å². The monoisotopic (exact) mass is 270 g/mol. The van der Waals surface area contributed by atoms with Crippen LogP contribution in [0.5, 0.6) is 0 Å². The molecule has 94 valence electrons. The summed E-state index contributed by atoms with van der Waals surface area (Å²) in [7, 11) is 0. The average Bonchev–Trinajstić information content (AvgIpc) is 2.29. The number of hydrogen-bond acceptors (Lipinski definition) is 3. The maximum atomic E-state index is 11.9. The molecule has 0 aromatic carbocycles. The maximum absolute atomic E-state index is 11.9. The Labute approximate surface area is 111 Å². The van der Waals surface area contributed by atoms with Crippen LogP contribution in [0.1, 0.15) is 30.6 Å². The first-order valence-corrected chi connectivity index (χ1v) is 7.27. The van der Waals surface area contributed by atoms with E-state index < -0.39 is 0 Å². The van der Waals surface area contributed by atoms with Gasteiger partial charge in [-0.2, -0.15) is 11.8 Å². The zero-order valence-electron chi connectivity index (χ0n) is 10.2. The minimum atomic E-state index is -0.0964. The number of carbonyl (C=O) groups is 1. The van der Waals surface area contributed by atoms with Gasteiger partial charge in [0.25, 0.3) is 5.91 Å². The van der Waals surface area contributed by atoms with Crippen LogP contribution in [-0.4, -0.2) is 28.4 Å². The van der Waals surface area contributed by atoms with Gasteiger partial charge in [-0.25, -0.2) is 0 Å². The molecule has 0 saturated carbocycles. The molecule has 0 aliphatic rings. The minimum Gasteiger partial charge on any atom is -0.352 e. The van der Waals surface area contributed by atoms with E-state index in [-0.39, 0.29) is 11.9 Å². The lowest BCUT2D eigenvalue weighted by Gasteiger charge is -2.13. The number of hydrogen-bond donors (Lipinski definition) is 2. The van der Waals surface area contributed by atoms with Gasteiger partial charge < -0.3 is 10.3 Å². The molecule has 0 spiro atoms. The SMILES string of the molecule is CCSCC[C@H](C)NC(=O)c1ccc[nH]c1=S. The Morgan fingerprint density at radius 2 is 2.41 bits per heavy atom. The molecule has 1 aromatic rings. The van der Waals surface area contributed by atoms with E-state index in [1.54, 1.807) is 18.3 Å². The zero-order chi connectivity index (χ0) is 12.7. The molecule has 1 heterocycles. The van der Waals surface area contributed by atoms with Crippen LogP contribution in [0.3, 0.4) is 0 Å². The molecule has 5 heteroatoms. The van der Waals surface area contributed by atoms with Crippen molar-refractivity contribution in [2.45, 2.75) is 26.3 Å². The maximum Gasteiger partial charge on any atom is 0.254 e. The Bertz CT molecular complexity index is 417. The number of aromatic amines is 1. The van der Waals surface area contributed by atoms with Gasteiger partial charge in [-0.05, 0) is 37.0 Å². The fourth-order valence-electron chi connectivity index (χ4n) is 1.38. The van der Waals surface area contributed by atoms with Crippen molar-refractivity contribution < 1.29 is 4.79 Å².